The van der Waals surface area contributed by atoms with Gasteiger partial charge in [0.05, 0.1) is 0 Å². The molecule has 4 unspecified atom stereocenters. The largest absolute Gasteiger partial charge is 0.182 e. The Morgan fingerprint density at radius 3 is 1.40 bits per heavy atom. The summed E-state index contributed by atoms with van der Waals surface area (Å²) in [5.41, 5.74) is 0. The molecule has 0 aromatic rings. The van der Waals surface area contributed by atoms with Gasteiger partial charge in [-0.3, -0.25) is 0 Å². The van der Waals surface area contributed by atoms with Crippen molar-refractivity contribution in [1.82, 2.24) is 0 Å². The predicted molar refractivity (Wildman–Crippen MR) is 28.3 cm³/mol. The van der Waals surface area contributed by atoms with Crippen molar-refractivity contribution in [3.05, 3.63) is 0 Å². The van der Waals surface area contributed by atoms with Crippen LogP contribution in [0.15, 0.2) is 0 Å². The summed E-state index contributed by atoms with van der Waals surface area (Å²) in [7, 11) is 2.10. The minimum absolute atomic E-state index is 0.407. The van der Waals surface area contributed by atoms with Gasteiger partial charge < -0.3 is 0 Å². The maximum Gasteiger partial charge on any atom is 0.182 e. The second-order valence-corrected chi connectivity index (χ2v) is 19.9. The molecule has 0 saturated carbocycles. The molecule has 0 radical (unpaired) electrons. The van der Waals surface area contributed by atoms with Crippen LogP contribution in [-0.4, -0.2) is 10.8 Å². The van der Waals surface area contributed by atoms with E-state index in [-0.39, 0.29) is 0 Å². The van der Waals surface area contributed by atoms with Crippen LogP contribution in [0.4, 0.5) is 0 Å². The SMILES string of the molecule is C12C3P4P1[P+]234. The van der Waals surface area contributed by atoms with Crippen LogP contribution in [0.1, 0.15) is 0 Å². The van der Waals surface area contributed by atoms with Gasteiger partial charge in [-0.05, 0) is 0 Å². The van der Waals surface area contributed by atoms with Crippen molar-refractivity contribution in [3.63, 3.8) is 0 Å². The lowest BCUT2D eigenvalue weighted by atomic mass is 11.0. The maximum absolute atomic E-state index is 1.56. The van der Waals surface area contributed by atoms with Gasteiger partial charge >= 0.3 is 0 Å². The third-order valence-corrected chi connectivity index (χ3v) is 31.3. The van der Waals surface area contributed by atoms with Crippen molar-refractivity contribution >= 4 is 21.2 Å². The molecule has 0 nitrogen and oxygen atoms in total. The zero-order valence-electron chi connectivity index (χ0n) is 2.50. The summed E-state index contributed by atoms with van der Waals surface area (Å²) in [4.78, 5) is 0. The van der Waals surface area contributed by atoms with Crippen molar-refractivity contribution in [2.24, 2.45) is 0 Å². The second-order valence-electron chi connectivity index (χ2n) is 2.17. The van der Waals surface area contributed by atoms with Crippen LogP contribution < -0.4 is 0 Å². The van der Waals surface area contributed by atoms with Crippen LogP contribution in [0, 0.1) is 0 Å². The summed E-state index contributed by atoms with van der Waals surface area (Å²) in [5, 5.41) is 3.12. The Kier molecular flexibility index (Phi) is 0.107. The number of hydrogen-bond donors (Lipinski definition) is 0. The monoisotopic (exact) mass is 119 g/mol. The topological polar surface area (TPSA) is 0 Å². The van der Waals surface area contributed by atoms with Crippen LogP contribution in [0.2, 0.25) is 0 Å². The minimum atomic E-state index is 0.407. The van der Waals surface area contributed by atoms with E-state index in [1.165, 1.54) is 0 Å². The molecule has 0 bridgehead atoms. The fourth-order valence-electron chi connectivity index (χ4n) is 1.48. The number of hydrogen-bond acceptors (Lipinski definition) is 0. The molecule has 4 aliphatic rings. The Morgan fingerprint density at radius 1 is 1.20 bits per heavy atom. The minimum Gasteiger partial charge on any atom is 0.107 e. The molecular formula is C2H2P3+. The molecule has 4 fully saturated rings. The van der Waals surface area contributed by atoms with Crippen molar-refractivity contribution < 1.29 is 0 Å². The van der Waals surface area contributed by atoms with Crippen molar-refractivity contribution in [2.45, 2.75) is 10.8 Å². The number of rotatable bonds is 0. The zero-order chi connectivity index (χ0) is 2.81. The van der Waals surface area contributed by atoms with Gasteiger partial charge in [0, 0.05) is 0 Å². The van der Waals surface area contributed by atoms with Gasteiger partial charge in [0.25, 0.3) is 0 Å². The molecule has 4 atom stereocenters. The van der Waals surface area contributed by atoms with E-state index in [1.54, 1.807) is 10.8 Å². The van der Waals surface area contributed by atoms with Crippen LogP contribution in [0.5, 0.6) is 0 Å². The summed E-state index contributed by atoms with van der Waals surface area (Å²) >= 11 is 0. The van der Waals surface area contributed by atoms with Gasteiger partial charge in [-0.1, -0.05) is 0 Å². The van der Waals surface area contributed by atoms with Crippen molar-refractivity contribution in [2.75, 3.05) is 0 Å². The van der Waals surface area contributed by atoms with E-state index in [0.717, 1.165) is 14.6 Å². The van der Waals surface area contributed by atoms with E-state index in [1.807, 2.05) is 0 Å². The molecule has 4 heterocycles. The summed E-state index contributed by atoms with van der Waals surface area (Å²) < 4.78 is 0. The average Bonchev–Trinajstić information content (AvgIpc) is 1.26. The van der Waals surface area contributed by atoms with Crippen LogP contribution in [0.3, 0.4) is 0 Å². The Labute approximate surface area is 32.8 Å². The first-order chi connectivity index (χ1) is 2.49. The van der Waals surface area contributed by atoms with E-state index in [9.17, 15) is 0 Å². The molecular weight excluding hydrogens is 117 g/mol. The number of fused-ring (bicyclic) bond motifs is 4. The highest BCUT2D eigenvalue weighted by Crippen LogP contribution is 3.78. The highest BCUT2D eigenvalue weighted by molar-refractivity contribution is 9.40. The molecule has 4 rings (SSSR count). The third kappa shape index (κ3) is 0.0517. The summed E-state index contributed by atoms with van der Waals surface area (Å²) in [6.07, 6.45) is 0. The Bertz CT molecular complexity index is 107. The van der Waals surface area contributed by atoms with Gasteiger partial charge in [0.2, 0.25) is 0 Å². The van der Waals surface area contributed by atoms with E-state index in [2.05, 4.69) is 0 Å². The van der Waals surface area contributed by atoms with Crippen molar-refractivity contribution in [1.29, 1.82) is 0 Å². The van der Waals surface area contributed by atoms with Gasteiger partial charge in [-0.25, -0.2) is 0 Å². The van der Waals surface area contributed by atoms with Gasteiger partial charge in [0.15, 0.2) is 25.4 Å². The molecule has 4 aliphatic heterocycles. The standard InChI is InChI=1S/C2H2P3/c1-2-4-3(1)5(1,2)4/h1-2H/q+1. The lowest BCUT2D eigenvalue weighted by Gasteiger charge is -1.82. The maximum atomic E-state index is 1.56. The second kappa shape index (κ2) is 0.262. The molecule has 1 spiro atoms. The molecule has 0 aliphatic carbocycles. The Morgan fingerprint density at radius 2 is 1.40 bits per heavy atom. The van der Waals surface area contributed by atoms with Gasteiger partial charge in [-0.2, -0.15) is 0 Å². The van der Waals surface area contributed by atoms with Crippen LogP contribution in [0.25, 0.3) is 0 Å². The molecule has 0 aromatic heterocycles. The predicted octanol–water partition coefficient (Wildman–Crippen LogP) is 2.42. The first kappa shape index (κ1) is 2.04. The van der Waals surface area contributed by atoms with E-state index >= 15 is 0 Å². The lowest BCUT2D eigenvalue weighted by molar-refractivity contribution is 1.50. The van der Waals surface area contributed by atoms with Gasteiger partial charge in [0.1, 0.15) is 6.64 Å². The summed E-state index contributed by atoms with van der Waals surface area (Å²) in [6, 6.07) is 0. The average molecular weight is 119 g/mol. The summed E-state index contributed by atoms with van der Waals surface area (Å²) in [5.74, 6) is 0. The molecule has 3 heteroatoms. The van der Waals surface area contributed by atoms with Crippen LogP contribution >= 0.6 is 21.2 Å². The normalized spacial score (nSPS) is 125. The molecule has 0 aromatic carbocycles. The third-order valence-electron chi connectivity index (χ3n) is 2.16. The zero-order valence-corrected chi connectivity index (χ0v) is 5.18. The molecule has 5 heavy (non-hydrogen) atoms. The molecule has 4 saturated heterocycles. The fourth-order valence-corrected chi connectivity index (χ4v) is 43.5. The molecule has 0 N–H and O–H groups in total. The quantitative estimate of drug-likeness (QED) is 0.429. The first-order valence-corrected chi connectivity index (χ1v) is 8.83. The molecule has 0 amide bonds. The molecule has 24 valence electrons. The summed E-state index contributed by atoms with van der Waals surface area (Å²) in [6.45, 7) is 0.407. The van der Waals surface area contributed by atoms with E-state index in [4.69, 9.17) is 0 Å². The first-order valence-electron chi connectivity index (χ1n) is 1.97. The Balaban J connectivity index is 2.71. The fraction of sp³-hybridized carbons (Fsp3) is 1.00. The highest BCUT2D eigenvalue weighted by Gasteiger charge is 3.40. The smallest absolute Gasteiger partial charge is 0.107 e. The van der Waals surface area contributed by atoms with Crippen molar-refractivity contribution in [3.8, 4) is 0 Å². The highest BCUT2D eigenvalue weighted by atomic mass is 33.1. The lowest BCUT2D eigenvalue weighted by Crippen LogP contribution is -1.80. The van der Waals surface area contributed by atoms with Gasteiger partial charge in [-0.15, -0.1) is 0 Å². The Hall–Kier alpha value is 1.29. The van der Waals surface area contributed by atoms with E-state index in [0.29, 0.717) is 6.64 Å². The van der Waals surface area contributed by atoms with E-state index < -0.39 is 0 Å². The van der Waals surface area contributed by atoms with Crippen LogP contribution in [-0.2, 0) is 0 Å².